The van der Waals surface area contributed by atoms with Crippen molar-refractivity contribution in [2.75, 3.05) is 37.6 Å². The van der Waals surface area contributed by atoms with Gasteiger partial charge in [-0.15, -0.1) is 0 Å². The molecule has 2 aliphatic heterocycles. The number of carbonyl (C=O) groups excluding carboxylic acids is 1. The Kier molecular flexibility index (Phi) is 6.62. The summed E-state index contributed by atoms with van der Waals surface area (Å²) in [6, 6.07) is 12.2. The number of hydrogen-bond donors (Lipinski definition) is 3. The van der Waals surface area contributed by atoms with Crippen molar-refractivity contribution >= 4 is 11.7 Å². The standard InChI is InChI=1S/C23H31N5O2/c24-23(30)18-5-11-26-22(13-18)28(20-6-9-25-10-7-20)16-21(29)15-27-12-8-17-3-1-2-4-19(17)14-27/h1-5,11,13,20-21,25,29H,6-10,12,14-16H2,(H2,24,30)/t21-/m0/s1. The Morgan fingerprint density at radius 3 is 2.80 bits per heavy atom. The van der Waals surface area contributed by atoms with Crippen molar-refractivity contribution in [1.82, 2.24) is 15.2 Å². The molecule has 1 atom stereocenters. The average molecular weight is 410 g/mol. The summed E-state index contributed by atoms with van der Waals surface area (Å²) in [5, 5.41) is 14.4. The van der Waals surface area contributed by atoms with Gasteiger partial charge in [0.2, 0.25) is 5.91 Å². The molecule has 30 heavy (non-hydrogen) atoms. The molecule has 1 aromatic carbocycles. The van der Waals surface area contributed by atoms with E-state index < -0.39 is 12.0 Å². The first-order chi connectivity index (χ1) is 14.6. The summed E-state index contributed by atoms with van der Waals surface area (Å²) in [5.74, 6) is 0.248. The number of aromatic nitrogens is 1. The summed E-state index contributed by atoms with van der Waals surface area (Å²) < 4.78 is 0. The Labute approximate surface area is 177 Å². The van der Waals surface area contributed by atoms with E-state index in [9.17, 15) is 9.90 Å². The van der Waals surface area contributed by atoms with Crippen molar-refractivity contribution in [3.8, 4) is 0 Å². The highest BCUT2D eigenvalue weighted by atomic mass is 16.3. The molecule has 0 spiro atoms. The monoisotopic (exact) mass is 409 g/mol. The van der Waals surface area contributed by atoms with Crippen LogP contribution in [0.1, 0.15) is 34.3 Å². The Bertz CT molecular complexity index is 868. The Morgan fingerprint density at radius 2 is 2.03 bits per heavy atom. The molecule has 3 heterocycles. The predicted octanol–water partition coefficient (Wildman–Crippen LogP) is 1.16. The number of aliphatic hydroxyl groups is 1. The summed E-state index contributed by atoms with van der Waals surface area (Å²) in [6.45, 7) is 4.81. The van der Waals surface area contributed by atoms with Crippen LogP contribution in [0.5, 0.6) is 0 Å². The van der Waals surface area contributed by atoms with Gasteiger partial charge in [-0.3, -0.25) is 9.69 Å². The largest absolute Gasteiger partial charge is 0.390 e. The maximum Gasteiger partial charge on any atom is 0.248 e. The van der Waals surface area contributed by atoms with Gasteiger partial charge in [-0.2, -0.15) is 0 Å². The minimum absolute atomic E-state index is 0.276. The van der Waals surface area contributed by atoms with Gasteiger partial charge in [-0.05, 0) is 55.6 Å². The zero-order valence-corrected chi connectivity index (χ0v) is 17.3. The van der Waals surface area contributed by atoms with Crippen molar-refractivity contribution in [1.29, 1.82) is 0 Å². The molecule has 7 nitrogen and oxygen atoms in total. The lowest BCUT2D eigenvalue weighted by Gasteiger charge is -2.38. The Balaban J connectivity index is 1.46. The first kappa shape index (κ1) is 20.8. The predicted molar refractivity (Wildman–Crippen MR) is 117 cm³/mol. The lowest BCUT2D eigenvalue weighted by molar-refractivity contribution is 0.1000. The number of nitrogens with zero attached hydrogens (tertiary/aromatic N) is 3. The molecule has 0 radical (unpaired) electrons. The van der Waals surface area contributed by atoms with E-state index in [-0.39, 0.29) is 6.04 Å². The molecular formula is C23H31N5O2. The fourth-order valence-corrected chi connectivity index (χ4v) is 4.57. The number of pyridine rings is 1. The van der Waals surface area contributed by atoms with Gasteiger partial charge in [0.15, 0.2) is 0 Å². The van der Waals surface area contributed by atoms with Gasteiger partial charge in [0.05, 0.1) is 6.10 Å². The molecule has 0 unspecified atom stereocenters. The van der Waals surface area contributed by atoms with E-state index in [2.05, 4.69) is 44.4 Å². The van der Waals surface area contributed by atoms with Crippen LogP contribution in [0.4, 0.5) is 5.82 Å². The molecule has 4 rings (SSSR count). The second-order valence-electron chi connectivity index (χ2n) is 8.31. The number of rotatable bonds is 7. The minimum atomic E-state index is -0.510. The van der Waals surface area contributed by atoms with Crippen LogP contribution in [0.3, 0.4) is 0 Å². The third-order valence-corrected chi connectivity index (χ3v) is 6.16. The van der Waals surface area contributed by atoms with E-state index >= 15 is 0 Å². The van der Waals surface area contributed by atoms with Gasteiger partial charge < -0.3 is 21.1 Å². The van der Waals surface area contributed by atoms with Crippen molar-refractivity contribution in [2.45, 2.75) is 38.0 Å². The second kappa shape index (κ2) is 9.55. The minimum Gasteiger partial charge on any atom is -0.390 e. The molecule has 7 heteroatoms. The second-order valence-corrected chi connectivity index (χ2v) is 8.31. The van der Waals surface area contributed by atoms with Crippen molar-refractivity contribution in [3.05, 3.63) is 59.3 Å². The smallest absolute Gasteiger partial charge is 0.248 e. The molecule has 2 aromatic rings. The van der Waals surface area contributed by atoms with E-state index in [4.69, 9.17) is 5.73 Å². The summed E-state index contributed by atoms with van der Waals surface area (Å²) in [7, 11) is 0. The van der Waals surface area contributed by atoms with Gasteiger partial charge in [-0.25, -0.2) is 4.98 Å². The van der Waals surface area contributed by atoms with E-state index in [1.54, 1.807) is 18.3 Å². The number of primary amides is 1. The lowest BCUT2D eigenvalue weighted by Crippen LogP contribution is -2.49. The number of carbonyl (C=O) groups is 1. The first-order valence-corrected chi connectivity index (χ1v) is 10.8. The van der Waals surface area contributed by atoms with Crippen LogP contribution in [0.25, 0.3) is 0 Å². The third-order valence-electron chi connectivity index (χ3n) is 6.16. The molecule has 0 bridgehead atoms. The number of amides is 1. The van der Waals surface area contributed by atoms with Gasteiger partial charge >= 0.3 is 0 Å². The number of fused-ring (bicyclic) bond motifs is 1. The first-order valence-electron chi connectivity index (χ1n) is 10.8. The van der Waals surface area contributed by atoms with Crippen LogP contribution in [0.2, 0.25) is 0 Å². The van der Waals surface area contributed by atoms with E-state index in [1.807, 2.05) is 0 Å². The molecule has 160 valence electrons. The SMILES string of the molecule is NC(=O)c1ccnc(N(C[C@@H](O)CN2CCc3ccccc3C2)C2CCNCC2)c1. The molecular weight excluding hydrogens is 378 g/mol. The number of anilines is 1. The highest BCUT2D eigenvalue weighted by Gasteiger charge is 2.26. The number of hydrogen-bond acceptors (Lipinski definition) is 6. The van der Waals surface area contributed by atoms with Crippen molar-refractivity contribution in [2.24, 2.45) is 5.73 Å². The lowest BCUT2D eigenvalue weighted by atomic mass is 9.99. The van der Waals surface area contributed by atoms with E-state index in [0.29, 0.717) is 24.5 Å². The van der Waals surface area contributed by atoms with E-state index in [1.165, 1.54) is 11.1 Å². The fourth-order valence-electron chi connectivity index (χ4n) is 4.57. The maximum atomic E-state index is 11.6. The quantitative estimate of drug-likeness (QED) is 0.635. The molecule has 1 fully saturated rings. The maximum absolute atomic E-state index is 11.6. The Hall–Kier alpha value is -2.48. The van der Waals surface area contributed by atoms with Crippen LogP contribution in [0.15, 0.2) is 42.6 Å². The summed E-state index contributed by atoms with van der Waals surface area (Å²) in [6.07, 6.45) is 4.09. The Morgan fingerprint density at radius 1 is 1.27 bits per heavy atom. The van der Waals surface area contributed by atoms with E-state index in [0.717, 1.165) is 45.4 Å². The van der Waals surface area contributed by atoms with Crippen LogP contribution < -0.4 is 16.0 Å². The van der Waals surface area contributed by atoms with Gasteiger partial charge in [0.25, 0.3) is 0 Å². The van der Waals surface area contributed by atoms with Crippen LogP contribution in [-0.4, -0.2) is 65.8 Å². The van der Waals surface area contributed by atoms with Gasteiger partial charge in [0, 0.05) is 44.0 Å². The van der Waals surface area contributed by atoms with Crippen LogP contribution >= 0.6 is 0 Å². The summed E-state index contributed by atoms with van der Waals surface area (Å²) >= 11 is 0. The van der Waals surface area contributed by atoms with Gasteiger partial charge in [0.1, 0.15) is 5.82 Å². The number of β-amino-alcohol motifs (C(OH)–C–C–N with tert-alkyl or cyclic N) is 1. The third kappa shape index (κ3) is 4.98. The zero-order chi connectivity index (χ0) is 20.9. The number of aliphatic hydroxyl groups excluding tert-OH is 1. The average Bonchev–Trinajstić information content (AvgIpc) is 2.78. The zero-order valence-electron chi connectivity index (χ0n) is 17.3. The summed E-state index contributed by atoms with van der Waals surface area (Å²) in [4.78, 5) is 20.6. The molecule has 1 aromatic heterocycles. The summed E-state index contributed by atoms with van der Waals surface area (Å²) in [5.41, 5.74) is 8.68. The van der Waals surface area contributed by atoms with Crippen molar-refractivity contribution < 1.29 is 9.90 Å². The number of nitrogens with one attached hydrogen (secondary N) is 1. The molecule has 0 aliphatic carbocycles. The normalized spacial score (nSPS) is 18.6. The highest BCUT2D eigenvalue weighted by Crippen LogP contribution is 2.23. The fraction of sp³-hybridized carbons (Fsp3) is 0.478. The molecule has 1 amide bonds. The number of benzene rings is 1. The van der Waals surface area contributed by atoms with Gasteiger partial charge in [-0.1, -0.05) is 24.3 Å². The van der Waals surface area contributed by atoms with Crippen LogP contribution in [0, 0.1) is 0 Å². The highest BCUT2D eigenvalue weighted by molar-refractivity contribution is 5.93. The molecule has 0 saturated carbocycles. The topological polar surface area (TPSA) is 94.7 Å². The molecule has 2 aliphatic rings. The van der Waals surface area contributed by atoms with Crippen LogP contribution in [-0.2, 0) is 13.0 Å². The molecule has 4 N–H and O–H groups in total. The molecule has 1 saturated heterocycles. The number of nitrogens with two attached hydrogens (primary N) is 1. The van der Waals surface area contributed by atoms with Crippen molar-refractivity contribution in [3.63, 3.8) is 0 Å². The number of piperidine rings is 1.